The second kappa shape index (κ2) is 15.4. The zero-order valence-electron chi connectivity index (χ0n) is 22.1. The van der Waals surface area contributed by atoms with Crippen LogP contribution in [0.3, 0.4) is 0 Å². The summed E-state index contributed by atoms with van der Waals surface area (Å²) >= 11 is 26.2. The van der Waals surface area contributed by atoms with E-state index in [1.807, 2.05) is 48.5 Å². The van der Waals surface area contributed by atoms with Crippen LogP contribution in [0.15, 0.2) is 66.7 Å². The highest BCUT2D eigenvalue weighted by molar-refractivity contribution is 7.99. The first-order valence-electron chi connectivity index (χ1n) is 13.4. The van der Waals surface area contributed by atoms with Gasteiger partial charge in [-0.05, 0) is 53.8 Å². The van der Waals surface area contributed by atoms with E-state index in [0.717, 1.165) is 42.4 Å². The third-order valence-electron chi connectivity index (χ3n) is 7.04. The molecule has 3 aromatic carbocycles. The van der Waals surface area contributed by atoms with Crippen LogP contribution >= 0.6 is 58.2 Å². The summed E-state index contributed by atoms with van der Waals surface area (Å²) in [7, 11) is 0. The van der Waals surface area contributed by atoms with Crippen molar-refractivity contribution in [2.24, 2.45) is 0 Å². The van der Waals surface area contributed by atoms with Gasteiger partial charge in [0.15, 0.2) is 0 Å². The monoisotopic (exact) mass is 636 g/mol. The molecule has 1 N–H and O–H groups in total. The van der Waals surface area contributed by atoms with Crippen molar-refractivity contribution < 1.29 is 9.59 Å². The largest absolute Gasteiger partial charge is 0.352 e. The number of carbonyl (C=O) groups excluding carboxylic acids is 2. The van der Waals surface area contributed by atoms with E-state index < -0.39 is 6.04 Å². The summed E-state index contributed by atoms with van der Waals surface area (Å²) in [6, 6.07) is 20.0. The maximum Gasteiger partial charge on any atom is 0.243 e. The van der Waals surface area contributed by atoms with Crippen LogP contribution in [0.4, 0.5) is 0 Å². The molecular weight excluding hydrogens is 606 g/mol. The van der Waals surface area contributed by atoms with Crippen LogP contribution in [0.5, 0.6) is 0 Å². The summed E-state index contributed by atoms with van der Waals surface area (Å²) in [6.07, 6.45) is 5.73. The van der Waals surface area contributed by atoms with Crippen LogP contribution < -0.4 is 5.32 Å². The molecule has 40 heavy (non-hydrogen) atoms. The van der Waals surface area contributed by atoms with Gasteiger partial charge in [0.05, 0.1) is 25.8 Å². The Morgan fingerprint density at radius 1 is 0.800 bits per heavy atom. The molecule has 0 saturated heterocycles. The minimum absolute atomic E-state index is 0.126. The lowest BCUT2D eigenvalue weighted by atomic mass is 9.94. The molecule has 3 aromatic rings. The van der Waals surface area contributed by atoms with Gasteiger partial charge in [0.25, 0.3) is 0 Å². The molecule has 0 unspecified atom stereocenters. The van der Waals surface area contributed by atoms with E-state index in [2.05, 4.69) is 5.32 Å². The quantitative estimate of drug-likeness (QED) is 0.229. The number of hydrogen-bond acceptors (Lipinski definition) is 3. The van der Waals surface area contributed by atoms with Gasteiger partial charge in [-0.25, -0.2) is 0 Å². The van der Waals surface area contributed by atoms with E-state index in [4.69, 9.17) is 46.4 Å². The summed E-state index contributed by atoms with van der Waals surface area (Å²) in [5, 5.41) is 5.08. The fourth-order valence-electron chi connectivity index (χ4n) is 4.90. The topological polar surface area (TPSA) is 49.4 Å². The zero-order chi connectivity index (χ0) is 28.5. The van der Waals surface area contributed by atoms with E-state index in [9.17, 15) is 9.59 Å². The molecule has 1 atom stereocenters. The molecule has 1 aliphatic carbocycles. The first kappa shape index (κ1) is 31.1. The zero-order valence-corrected chi connectivity index (χ0v) is 25.9. The van der Waals surface area contributed by atoms with E-state index >= 15 is 0 Å². The van der Waals surface area contributed by atoms with E-state index in [1.165, 1.54) is 18.2 Å². The average Bonchev–Trinajstić information content (AvgIpc) is 2.95. The number of benzene rings is 3. The number of nitrogens with zero attached hydrogens (tertiary/aromatic N) is 1. The lowest BCUT2D eigenvalue weighted by Gasteiger charge is -2.33. The maximum absolute atomic E-state index is 13.9. The molecule has 0 radical (unpaired) electrons. The van der Waals surface area contributed by atoms with E-state index in [0.29, 0.717) is 32.3 Å². The molecule has 0 heterocycles. The van der Waals surface area contributed by atoms with Crippen molar-refractivity contribution in [2.75, 3.05) is 5.75 Å². The highest BCUT2D eigenvalue weighted by atomic mass is 35.5. The standard InChI is InChI=1S/C31H32Cl4N2O2S/c32-25-13-11-22(15-27(25)34)18-37(30(38)20-40-19-23-12-14-26(33)28(35)16-23)29(17-21-7-3-1-4-8-21)31(39)36-24-9-5-2-6-10-24/h1,3-4,7-8,11-16,24,29H,2,5-6,9-10,17-20H2,(H,36,39)/t29-/m1/s1. The van der Waals surface area contributed by atoms with Crippen LogP contribution in [-0.2, 0) is 28.3 Å². The Bertz CT molecular complexity index is 1300. The molecule has 4 rings (SSSR count). The van der Waals surface area contributed by atoms with Crippen molar-refractivity contribution in [1.82, 2.24) is 10.2 Å². The SMILES string of the molecule is O=C(NC1CCCCC1)[C@@H](Cc1ccccc1)N(Cc1ccc(Cl)c(Cl)c1)C(=O)CSCc1ccc(Cl)c(Cl)c1. The number of carbonyl (C=O) groups is 2. The van der Waals surface area contributed by atoms with Gasteiger partial charge in [-0.3, -0.25) is 9.59 Å². The molecule has 2 amide bonds. The number of rotatable bonds is 11. The van der Waals surface area contributed by atoms with Crippen LogP contribution in [0.1, 0.15) is 48.8 Å². The van der Waals surface area contributed by atoms with E-state index in [-0.39, 0.29) is 30.2 Å². The van der Waals surface area contributed by atoms with Gasteiger partial charge in [-0.1, -0.05) is 108 Å². The molecule has 1 aliphatic rings. The Kier molecular flexibility index (Phi) is 11.9. The number of thioether (sulfide) groups is 1. The smallest absolute Gasteiger partial charge is 0.243 e. The molecule has 0 aliphatic heterocycles. The number of amides is 2. The Morgan fingerprint density at radius 2 is 1.43 bits per heavy atom. The van der Waals surface area contributed by atoms with Gasteiger partial charge >= 0.3 is 0 Å². The van der Waals surface area contributed by atoms with Crippen molar-refractivity contribution in [3.63, 3.8) is 0 Å². The van der Waals surface area contributed by atoms with Crippen molar-refractivity contribution in [3.05, 3.63) is 104 Å². The molecule has 1 saturated carbocycles. The molecule has 4 nitrogen and oxygen atoms in total. The van der Waals surface area contributed by atoms with Gasteiger partial charge in [-0.2, -0.15) is 0 Å². The predicted molar refractivity (Wildman–Crippen MR) is 169 cm³/mol. The second-order valence-electron chi connectivity index (χ2n) is 10.1. The van der Waals surface area contributed by atoms with Crippen LogP contribution in [0.2, 0.25) is 20.1 Å². The van der Waals surface area contributed by atoms with E-state index in [1.54, 1.807) is 23.1 Å². The highest BCUT2D eigenvalue weighted by Gasteiger charge is 2.32. The molecule has 0 spiro atoms. The molecule has 0 aromatic heterocycles. The number of halogens is 4. The third-order valence-corrected chi connectivity index (χ3v) is 9.50. The van der Waals surface area contributed by atoms with Crippen LogP contribution in [-0.4, -0.2) is 34.6 Å². The average molecular weight is 638 g/mol. The minimum atomic E-state index is -0.683. The Labute approximate surface area is 260 Å². The molecule has 212 valence electrons. The number of hydrogen-bond donors (Lipinski definition) is 1. The maximum atomic E-state index is 13.9. The fourth-order valence-corrected chi connectivity index (χ4v) is 6.40. The predicted octanol–water partition coefficient (Wildman–Crippen LogP) is 8.62. The van der Waals surface area contributed by atoms with Gasteiger partial charge in [0.2, 0.25) is 11.8 Å². The lowest BCUT2D eigenvalue weighted by molar-refractivity contribution is -0.139. The van der Waals surface area contributed by atoms with Crippen molar-refractivity contribution in [1.29, 1.82) is 0 Å². The Hall–Kier alpha value is -1.89. The van der Waals surface area contributed by atoms with Crippen molar-refractivity contribution >= 4 is 70.0 Å². The molecule has 0 bridgehead atoms. The summed E-state index contributed by atoms with van der Waals surface area (Å²) < 4.78 is 0. The number of nitrogens with one attached hydrogen (secondary N) is 1. The Morgan fingerprint density at radius 3 is 2.08 bits per heavy atom. The highest BCUT2D eigenvalue weighted by Crippen LogP contribution is 2.27. The Balaban J connectivity index is 1.58. The van der Waals surface area contributed by atoms with Crippen LogP contribution in [0.25, 0.3) is 0 Å². The second-order valence-corrected chi connectivity index (χ2v) is 12.7. The van der Waals surface area contributed by atoms with Crippen LogP contribution in [0, 0.1) is 0 Å². The minimum Gasteiger partial charge on any atom is -0.352 e. The van der Waals surface area contributed by atoms with Gasteiger partial charge in [0.1, 0.15) is 6.04 Å². The summed E-state index contributed by atoms with van der Waals surface area (Å²) in [4.78, 5) is 29.4. The van der Waals surface area contributed by atoms with Crippen molar-refractivity contribution in [3.8, 4) is 0 Å². The van der Waals surface area contributed by atoms with Gasteiger partial charge < -0.3 is 10.2 Å². The van der Waals surface area contributed by atoms with Crippen molar-refractivity contribution in [2.45, 2.75) is 62.9 Å². The normalized spacial score (nSPS) is 14.5. The summed E-state index contributed by atoms with van der Waals surface area (Å²) in [5.41, 5.74) is 2.77. The molecule has 9 heteroatoms. The summed E-state index contributed by atoms with van der Waals surface area (Å²) in [6.45, 7) is 0.235. The first-order chi connectivity index (χ1) is 19.3. The first-order valence-corrected chi connectivity index (χ1v) is 16.1. The summed E-state index contributed by atoms with van der Waals surface area (Å²) in [5.74, 6) is 0.527. The van der Waals surface area contributed by atoms with Gasteiger partial charge in [0, 0.05) is 24.8 Å². The van der Waals surface area contributed by atoms with Gasteiger partial charge in [-0.15, -0.1) is 11.8 Å². The third kappa shape index (κ3) is 9.06. The lowest BCUT2D eigenvalue weighted by Crippen LogP contribution is -2.53. The molecule has 1 fully saturated rings. The molecular formula is C31H32Cl4N2O2S. The fraction of sp³-hybridized carbons (Fsp3) is 0.355.